The third kappa shape index (κ3) is 4.84. The van der Waals surface area contributed by atoms with Crippen LogP contribution in [-0.2, 0) is 6.54 Å². The lowest BCUT2D eigenvalue weighted by atomic mass is 10.0. The second kappa shape index (κ2) is 8.75. The van der Waals surface area contributed by atoms with E-state index >= 15 is 0 Å². The van der Waals surface area contributed by atoms with E-state index in [4.69, 9.17) is 5.73 Å². The summed E-state index contributed by atoms with van der Waals surface area (Å²) in [6.45, 7) is 4.04. The van der Waals surface area contributed by atoms with Gasteiger partial charge in [0.25, 0.3) is 0 Å². The summed E-state index contributed by atoms with van der Waals surface area (Å²) in [4.78, 5) is 2.51. The Hall–Kier alpha value is -0.290. The zero-order valence-electron chi connectivity index (χ0n) is 9.99. The summed E-state index contributed by atoms with van der Waals surface area (Å²) in [7, 11) is 0. The molecule has 1 atom stereocenters. The van der Waals surface area contributed by atoms with Crippen molar-refractivity contribution < 1.29 is 0 Å². The maximum absolute atomic E-state index is 5.78. The van der Waals surface area contributed by atoms with Crippen LogP contribution in [0.4, 0.5) is 0 Å². The van der Waals surface area contributed by atoms with Crippen LogP contribution in [0.3, 0.4) is 0 Å². The highest BCUT2D eigenvalue weighted by Gasteiger charge is 2.20. The number of nitrogens with two attached hydrogens (primary N) is 1. The molecule has 0 spiro atoms. The number of aromatic nitrogens is 2. The molecule has 0 aromatic carbocycles. The molecule has 1 aromatic rings. The Kier molecular flexibility index (Phi) is 8.60. The number of halogens is 2. The molecule has 2 rings (SSSR count). The first-order valence-electron chi connectivity index (χ1n) is 5.81. The van der Waals surface area contributed by atoms with Gasteiger partial charge in [-0.3, -0.25) is 9.58 Å². The lowest BCUT2D eigenvalue weighted by Gasteiger charge is -2.34. The SMILES string of the molecule is Cl.Cl.NCC1CCCCN1CCn1cccn1. The summed E-state index contributed by atoms with van der Waals surface area (Å²) in [5.41, 5.74) is 5.78. The third-order valence-corrected chi connectivity index (χ3v) is 3.20. The number of hydrogen-bond acceptors (Lipinski definition) is 3. The fourth-order valence-corrected chi connectivity index (χ4v) is 2.28. The van der Waals surface area contributed by atoms with Gasteiger partial charge in [-0.1, -0.05) is 6.42 Å². The van der Waals surface area contributed by atoms with Gasteiger partial charge in [0, 0.05) is 31.5 Å². The average molecular weight is 281 g/mol. The van der Waals surface area contributed by atoms with Gasteiger partial charge >= 0.3 is 0 Å². The molecule has 1 saturated heterocycles. The molecule has 100 valence electrons. The van der Waals surface area contributed by atoms with Crippen molar-refractivity contribution in [3.05, 3.63) is 18.5 Å². The minimum atomic E-state index is 0. The number of rotatable bonds is 4. The minimum Gasteiger partial charge on any atom is -0.329 e. The van der Waals surface area contributed by atoms with Crippen molar-refractivity contribution in [1.29, 1.82) is 0 Å². The molecular formula is C11H22Cl2N4. The van der Waals surface area contributed by atoms with Crippen LogP contribution >= 0.6 is 24.8 Å². The van der Waals surface area contributed by atoms with Gasteiger partial charge in [0.2, 0.25) is 0 Å². The van der Waals surface area contributed by atoms with Gasteiger partial charge in [-0.15, -0.1) is 24.8 Å². The standard InChI is InChI=1S/C11H20N4.2ClH/c12-10-11-4-1-2-6-14(11)8-9-15-7-3-5-13-15;;/h3,5,7,11H,1-2,4,6,8-10,12H2;2*1H. The van der Waals surface area contributed by atoms with Crippen LogP contribution in [0, 0.1) is 0 Å². The molecule has 0 bridgehead atoms. The Labute approximate surface area is 115 Å². The fraction of sp³-hybridized carbons (Fsp3) is 0.727. The quantitative estimate of drug-likeness (QED) is 0.910. The van der Waals surface area contributed by atoms with Gasteiger partial charge in [0.05, 0.1) is 6.54 Å². The molecule has 4 nitrogen and oxygen atoms in total. The summed E-state index contributed by atoms with van der Waals surface area (Å²) in [6, 6.07) is 2.56. The van der Waals surface area contributed by atoms with Gasteiger partial charge < -0.3 is 5.73 Å². The minimum absolute atomic E-state index is 0. The summed E-state index contributed by atoms with van der Waals surface area (Å²) in [5.74, 6) is 0. The van der Waals surface area contributed by atoms with Gasteiger partial charge in [-0.25, -0.2) is 0 Å². The Bertz CT molecular complexity index is 279. The van der Waals surface area contributed by atoms with E-state index in [0.29, 0.717) is 6.04 Å². The van der Waals surface area contributed by atoms with Crippen molar-refractivity contribution in [1.82, 2.24) is 14.7 Å². The van der Waals surface area contributed by atoms with Crippen molar-refractivity contribution in [2.45, 2.75) is 31.8 Å². The molecule has 0 amide bonds. The molecule has 1 aliphatic rings. The first kappa shape index (κ1) is 16.7. The van der Waals surface area contributed by atoms with Crippen LogP contribution in [0.15, 0.2) is 18.5 Å². The molecule has 1 fully saturated rings. The largest absolute Gasteiger partial charge is 0.329 e. The molecular weight excluding hydrogens is 259 g/mol. The highest BCUT2D eigenvalue weighted by molar-refractivity contribution is 5.85. The van der Waals surface area contributed by atoms with Crippen molar-refractivity contribution >= 4 is 24.8 Å². The second-order valence-electron chi connectivity index (χ2n) is 4.19. The van der Waals surface area contributed by atoms with Crippen molar-refractivity contribution in [3.8, 4) is 0 Å². The first-order chi connectivity index (χ1) is 7.40. The van der Waals surface area contributed by atoms with E-state index in [-0.39, 0.29) is 24.8 Å². The normalized spacial score (nSPS) is 20.4. The molecule has 1 unspecified atom stereocenters. The lowest BCUT2D eigenvalue weighted by Crippen LogP contribution is -2.45. The molecule has 6 heteroatoms. The molecule has 0 saturated carbocycles. The van der Waals surface area contributed by atoms with E-state index in [9.17, 15) is 0 Å². The maximum Gasteiger partial charge on any atom is 0.0536 e. The molecule has 0 radical (unpaired) electrons. The van der Waals surface area contributed by atoms with Crippen LogP contribution < -0.4 is 5.73 Å². The van der Waals surface area contributed by atoms with Crippen LogP contribution in [-0.4, -0.2) is 40.4 Å². The molecule has 17 heavy (non-hydrogen) atoms. The summed E-state index contributed by atoms with van der Waals surface area (Å²) >= 11 is 0. The third-order valence-electron chi connectivity index (χ3n) is 3.20. The van der Waals surface area contributed by atoms with Crippen molar-refractivity contribution in [2.75, 3.05) is 19.6 Å². The lowest BCUT2D eigenvalue weighted by molar-refractivity contribution is 0.146. The van der Waals surface area contributed by atoms with E-state index in [2.05, 4.69) is 10.00 Å². The van der Waals surface area contributed by atoms with Crippen molar-refractivity contribution in [2.24, 2.45) is 5.73 Å². The van der Waals surface area contributed by atoms with E-state index in [0.717, 1.165) is 19.6 Å². The fourth-order valence-electron chi connectivity index (χ4n) is 2.28. The Balaban J connectivity index is 0.00000128. The molecule has 0 aliphatic carbocycles. The van der Waals surface area contributed by atoms with E-state index < -0.39 is 0 Å². The number of likely N-dealkylation sites (tertiary alicyclic amines) is 1. The second-order valence-corrected chi connectivity index (χ2v) is 4.19. The van der Waals surface area contributed by atoms with Crippen molar-refractivity contribution in [3.63, 3.8) is 0 Å². The summed E-state index contributed by atoms with van der Waals surface area (Å²) < 4.78 is 1.99. The number of piperidine rings is 1. The van der Waals surface area contributed by atoms with Gasteiger partial charge in [-0.05, 0) is 25.5 Å². The smallest absolute Gasteiger partial charge is 0.0536 e. The van der Waals surface area contributed by atoms with Gasteiger partial charge in [0.1, 0.15) is 0 Å². The van der Waals surface area contributed by atoms with Gasteiger partial charge in [0.15, 0.2) is 0 Å². The Morgan fingerprint density at radius 1 is 1.24 bits per heavy atom. The Morgan fingerprint density at radius 3 is 2.71 bits per heavy atom. The Morgan fingerprint density at radius 2 is 2.06 bits per heavy atom. The number of hydrogen-bond donors (Lipinski definition) is 1. The van der Waals surface area contributed by atoms with E-state index in [1.807, 2.05) is 23.1 Å². The van der Waals surface area contributed by atoms with Crippen LogP contribution in [0.5, 0.6) is 0 Å². The number of nitrogens with zero attached hydrogens (tertiary/aromatic N) is 3. The van der Waals surface area contributed by atoms with Crippen LogP contribution in [0.1, 0.15) is 19.3 Å². The van der Waals surface area contributed by atoms with Gasteiger partial charge in [-0.2, -0.15) is 5.10 Å². The van der Waals surface area contributed by atoms with E-state index in [1.165, 1.54) is 25.8 Å². The summed E-state index contributed by atoms with van der Waals surface area (Å²) in [6.07, 6.45) is 7.75. The highest BCUT2D eigenvalue weighted by atomic mass is 35.5. The maximum atomic E-state index is 5.78. The molecule has 1 aromatic heterocycles. The highest BCUT2D eigenvalue weighted by Crippen LogP contribution is 2.15. The molecule has 2 N–H and O–H groups in total. The molecule has 2 heterocycles. The first-order valence-corrected chi connectivity index (χ1v) is 5.81. The zero-order valence-corrected chi connectivity index (χ0v) is 11.6. The monoisotopic (exact) mass is 280 g/mol. The van der Waals surface area contributed by atoms with Crippen LogP contribution in [0.25, 0.3) is 0 Å². The predicted octanol–water partition coefficient (Wildman–Crippen LogP) is 1.54. The summed E-state index contributed by atoms with van der Waals surface area (Å²) in [5, 5.41) is 4.21. The zero-order chi connectivity index (χ0) is 10.5. The van der Waals surface area contributed by atoms with E-state index in [1.54, 1.807) is 0 Å². The topological polar surface area (TPSA) is 47.1 Å². The molecule has 1 aliphatic heterocycles. The predicted molar refractivity (Wildman–Crippen MR) is 75.0 cm³/mol. The average Bonchev–Trinajstić information content (AvgIpc) is 2.79. The van der Waals surface area contributed by atoms with Crippen LogP contribution in [0.2, 0.25) is 0 Å².